The molecule has 0 aliphatic rings. The summed E-state index contributed by atoms with van der Waals surface area (Å²) >= 11 is 0. The molecule has 1 rings (SSSR count). The first-order valence-electron chi connectivity index (χ1n) is 5.92. The van der Waals surface area contributed by atoms with Gasteiger partial charge in [-0.1, -0.05) is 18.2 Å². The Morgan fingerprint density at radius 1 is 1.50 bits per heavy atom. The van der Waals surface area contributed by atoms with Crippen molar-refractivity contribution in [1.82, 2.24) is 5.32 Å². The van der Waals surface area contributed by atoms with E-state index < -0.39 is 5.91 Å². The molecule has 0 bridgehead atoms. The van der Waals surface area contributed by atoms with E-state index in [4.69, 9.17) is 10.5 Å². The van der Waals surface area contributed by atoms with Gasteiger partial charge < -0.3 is 15.8 Å². The number of ether oxygens (including phenoxy) is 1. The summed E-state index contributed by atoms with van der Waals surface area (Å²) in [7, 11) is 0. The fraction of sp³-hybridized carbons (Fsp3) is 0.462. The average molecular weight is 254 g/mol. The zero-order chi connectivity index (χ0) is 13.4. The fourth-order valence-corrected chi connectivity index (χ4v) is 1.62. The molecule has 0 aromatic heterocycles. The van der Waals surface area contributed by atoms with Gasteiger partial charge in [0, 0.05) is 12.6 Å². The van der Waals surface area contributed by atoms with Crippen LogP contribution in [0.2, 0.25) is 0 Å². The van der Waals surface area contributed by atoms with Gasteiger partial charge in [-0.2, -0.15) is 0 Å². The molecule has 0 radical (unpaired) electrons. The lowest BCUT2D eigenvalue weighted by Gasteiger charge is -2.14. The molecular weight excluding hydrogens is 235 g/mol. The number of nitrogens with one attached hydrogen (secondary N) is 1. The molecule has 5 heteroatoms. The van der Waals surface area contributed by atoms with Gasteiger partial charge >= 0.3 is 0 Å². The molecule has 0 aliphatic heterocycles. The van der Waals surface area contributed by atoms with Gasteiger partial charge in [0.2, 0.25) is 5.91 Å². The number of benzene rings is 1. The summed E-state index contributed by atoms with van der Waals surface area (Å²) in [6.45, 7) is 2.91. The Morgan fingerprint density at radius 2 is 2.22 bits per heavy atom. The van der Waals surface area contributed by atoms with Gasteiger partial charge in [0.15, 0.2) is 0 Å². The number of carbonyl (C=O) groups is 1. The Morgan fingerprint density at radius 3 is 2.89 bits per heavy atom. The van der Waals surface area contributed by atoms with Gasteiger partial charge in [0.05, 0.1) is 6.61 Å². The van der Waals surface area contributed by atoms with Gasteiger partial charge in [-0.25, -0.2) is 4.39 Å². The number of hydrogen-bond donors (Lipinski definition) is 2. The molecule has 1 aromatic carbocycles. The van der Waals surface area contributed by atoms with E-state index in [1.54, 1.807) is 12.1 Å². The SMILES string of the molecule is CC(Cc1ccccc1F)NCCOCC(N)=O. The Hall–Kier alpha value is -1.46. The van der Waals surface area contributed by atoms with Crippen molar-refractivity contribution in [1.29, 1.82) is 0 Å². The third kappa shape index (κ3) is 5.75. The molecule has 4 nitrogen and oxygen atoms in total. The summed E-state index contributed by atoms with van der Waals surface area (Å²) < 4.78 is 18.4. The van der Waals surface area contributed by atoms with E-state index in [0.717, 1.165) is 0 Å². The molecule has 0 saturated heterocycles. The fourth-order valence-electron chi connectivity index (χ4n) is 1.62. The molecule has 0 saturated carbocycles. The van der Waals surface area contributed by atoms with Crippen molar-refractivity contribution >= 4 is 5.91 Å². The number of amides is 1. The second kappa shape index (κ2) is 7.79. The predicted molar refractivity (Wildman–Crippen MR) is 67.6 cm³/mol. The van der Waals surface area contributed by atoms with Crippen LogP contribution in [-0.4, -0.2) is 31.7 Å². The lowest BCUT2D eigenvalue weighted by molar-refractivity contribution is -0.122. The summed E-state index contributed by atoms with van der Waals surface area (Å²) in [5.74, 6) is -0.662. The third-order valence-electron chi connectivity index (χ3n) is 2.47. The number of carbonyl (C=O) groups excluding carboxylic acids is 1. The van der Waals surface area contributed by atoms with Crippen LogP contribution >= 0.6 is 0 Å². The molecule has 0 heterocycles. The smallest absolute Gasteiger partial charge is 0.243 e. The van der Waals surface area contributed by atoms with Gasteiger partial charge in [-0.15, -0.1) is 0 Å². The molecular formula is C13H19FN2O2. The summed E-state index contributed by atoms with van der Waals surface area (Å²) in [5.41, 5.74) is 5.62. The molecule has 0 fully saturated rings. The molecule has 1 atom stereocenters. The maximum absolute atomic E-state index is 13.4. The highest BCUT2D eigenvalue weighted by atomic mass is 19.1. The normalized spacial score (nSPS) is 12.3. The lowest BCUT2D eigenvalue weighted by atomic mass is 10.1. The number of rotatable bonds is 8. The molecule has 1 unspecified atom stereocenters. The van der Waals surface area contributed by atoms with Crippen LogP contribution in [0.5, 0.6) is 0 Å². The zero-order valence-electron chi connectivity index (χ0n) is 10.5. The minimum Gasteiger partial charge on any atom is -0.370 e. The standard InChI is InChI=1S/C13H19FN2O2/c1-10(16-6-7-18-9-13(15)17)8-11-4-2-3-5-12(11)14/h2-5,10,16H,6-9H2,1H3,(H2,15,17). The summed E-state index contributed by atoms with van der Waals surface area (Å²) in [4.78, 5) is 10.4. The average Bonchev–Trinajstić information content (AvgIpc) is 2.31. The number of hydrogen-bond acceptors (Lipinski definition) is 3. The van der Waals surface area contributed by atoms with E-state index in [0.29, 0.717) is 25.1 Å². The predicted octanol–water partition coefficient (Wildman–Crippen LogP) is 0.848. The Balaban J connectivity index is 2.20. The van der Waals surface area contributed by atoms with Crippen LogP contribution in [0.1, 0.15) is 12.5 Å². The van der Waals surface area contributed by atoms with Crippen LogP contribution in [0.4, 0.5) is 4.39 Å². The first-order chi connectivity index (χ1) is 8.59. The van der Waals surface area contributed by atoms with Crippen molar-refractivity contribution in [2.24, 2.45) is 5.73 Å². The summed E-state index contributed by atoms with van der Waals surface area (Å²) in [6.07, 6.45) is 0.614. The van der Waals surface area contributed by atoms with Gasteiger partial charge in [-0.05, 0) is 25.0 Å². The molecule has 0 spiro atoms. The van der Waals surface area contributed by atoms with E-state index in [1.165, 1.54) is 6.07 Å². The van der Waals surface area contributed by atoms with Crippen molar-refractivity contribution in [3.05, 3.63) is 35.6 Å². The van der Waals surface area contributed by atoms with Crippen LogP contribution in [-0.2, 0) is 16.0 Å². The lowest BCUT2D eigenvalue weighted by Crippen LogP contribution is -2.32. The highest BCUT2D eigenvalue weighted by Gasteiger charge is 2.06. The van der Waals surface area contributed by atoms with E-state index in [1.807, 2.05) is 13.0 Å². The maximum Gasteiger partial charge on any atom is 0.243 e. The van der Waals surface area contributed by atoms with Gasteiger partial charge in [0.25, 0.3) is 0 Å². The van der Waals surface area contributed by atoms with Crippen molar-refractivity contribution in [2.75, 3.05) is 19.8 Å². The quantitative estimate of drug-likeness (QED) is 0.676. The first kappa shape index (κ1) is 14.6. The van der Waals surface area contributed by atoms with E-state index in [2.05, 4.69) is 5.32 Å². The number of primary amides is 1. The molecule has 1 aromatic rings. The first-order valence-corrected chi connectivity index (χ1v) is 5.92. The van der Waals surface area contributed by atoms with Gasteiger partial charge in [0.1, 0.15) is 12.4 Å². The van der Waals surface area contributed by atoms with Crippen molar-refractivity contribution in [3.8, 4) is 0 Å². The second-order valence-electron chi connectivity index (χ2n) is 4.17. The Kier molecular flexibility index (Phi) is 6.32. The molecule has 18 heavy (non-hydrogen) atoms. The van der Waals surface area contributed by atoms with Crippen LogP contribution < -0.4 is 11.1 Å². The minimum absolute atomic E-state index is 0.0661. The van der Waals surface area contributed by atoms with Crippen molar-refractivity contribution in [2.45, 2.75) is 19.4 Å². The summed E-state index contributed by atoms with van der Waals surface area (Å²) in [6, 6.07) is 6.87. The van der Waals surface area contributed by atoms with E-state index in [-0.39, 0.29) is 18.5 Å². The van der Waals surface area contributed by atoms with Crippen LogP contribution in [0.3, 0.4) is 0 Å². The van der Waals surface area contributed by atoms with Crippen molar-refractivity contribution < 1.29 is 13.9 Å². The molecule has 1 amide bonds. The monoisotopic (exact) mass is 254 g/mol. The Bertz CT molecular complexity index is 385. The highest BCUT2D eigenvalue weighted by molar-refractivity contribution is 5.74. The minimum atomic E-state index is -0.477. The third-order valence-corrected chi connectivity index (χ3v) is 2.47. The molecule has 0 aliphatic carbocycles. The van der Waals surface area contributed by atoms with E-state index in [9.17, 15) is 9.18 Å². The topological polar surface area (TPSA) is 64.3 Å². The van der Waals surface area contributed by atoms with Crippen LogP contribution in [0, 0.1) is 5.82 Å². The van der Waals surface area contributed by atoms with Gasteiger partial charge in [-0.3, -0.25) is 4.79 Å². The largest absolute Gasteiger partial charge is 0.370 e. The second-order valence-corrected chi connectivity index (χ2v) is 4.17. The maximum atomic E-state index is 13.4. The van der Waals surface area contributed by atoms with Crippen molar-refractivity contribution in [3.63, 3.8) is 0 Å². The molecule has 100 valence electrons. The molecule has 3 N–H and O–H groups in total. The van der Waals surface area contributed by atoms with E-state index >= 15 is 0 Å². The number of nitrogens with two attached hydrogens (primary N) is 1. The zero-order valence-corrected chi connectivity index (χ0v) is 10.5. The number of halogens is 1. The summed E-state index contributed by atoms with van der Waals surface area (Å²) in [5, 5.41) is 3.19. The highest BCUT2D eigenvalue weighted by Crippen LogP contribution is 2.08. The Labute approximate surface area is 106 Å². The van der Waals surface area contributed by atoms with Crippen LogP contribution in [0.15, 0.2) is 24.3 Å². The van der Waals surface area contributed by atoms with Crippen LogP contribution in [0.25, 0.3) is 0 Å².